The van der Waals surface area contributed by atoms with Gasteiger partial charge in [0, 0.05) is 36.0 Å². The first-order valence-electron chi connectivity index (χ1n) is 7.98. The normalized spacial score (nSPS) is 10.0. The topological polar surface area (TPSA) is 87.3 Å². The minimum atomic E-state index is -0.316. The zero-order chi connectivity index (χ0) is 18.4. The van der Waals surface area contributed by atoms with Gasteiger partial charge in [0.15, 0.2) is 0 Å². The van der Waals surface area contributed by atoms with Crippen molar-refractivity contribution in [3.63, 3.8) is 0 Å². The maximum Gasteiger partial charge on any atom is 0.255 e. The molecule has 0 radical (unpaired) electrons. The summed E-state index contributed by atoms with van der Waals surface area (Å²) in [5.74, 6) is -0.711. The predicted octanol–water partition coefficient (Wildman–Crippen LogP) is 2.96. The van der Waals surface area contributed by atoms with Gasteiger partial charge in [0.05, 0.1) is 0 Å². The fraction of sp³-hybridized carbons (Fsp3) is 0.211. The third kappa shape index (κ3) is 4.91. The second-order valence-electron chi connectivity index (χ2n) is 5.61. The van der Waals surface area contributed by atoms with E-state index < -0.39 is 0 Å². The monoisotopic (exact) mass is 339 g/mol. The van der Waals surface area contributed by atoms with Crippen LogP contribution in [-0.2, 0) is 4.79 Å². The Morgan fingerprint density at radius 3 is 2.32 bits per heavy atom. The summed E-state index contributed by atoms with van der Waals surface area (Å²) in [7, 11) is 0. The molecule has 3 N–H and O–H groups in total. The van der Waals surface area contributed by atoms with Crippen molar-refractivity contribution in [1.82, 2.24) is 5.32 Å². The van der Waals surface area contributed by atoms with E-state index in [1.54, 1.807) is 42.5 Å². The van der Waals surface area contributed by atoms with Crippen LogP contribution in [-0.4, -0.2) is 24.3 Å². The Morgan fingerprint density at radius 1 is 0.920 bits per heavy atom. The van der Waals surface area contributed by atoms with Gasteiger partial charge in [0.1, 0.15) is 0 Å². The average Bonchev–Trinajstić information content (AvgIpc) is 2.56. The number of carbonyl (C=O) groups is 3. The van der Waals surface area contributed by atoms with Crippen molar-refractivity contribution >= 4 is 29.1 Å². The second-order valence-corrected chi connectivity index (χ2v) is 5.61. The van der Waals surface area contributed by atoms with Gasteiger partial charge in [-0.25, -0.2) is 0 Å². The molecule has 0 aliphatic heterocycles. The zero-order valence-electron chi connectivity index (χ0n) is 14.5. The third-order valence-electron chi connectivity index (χ3n) is 3.53. The minimum Gasteiger partial charge on any atom is -0.352 e. The first kappa shape index (κ1) is 18.2. The summed E-state index contributed by atoms with van der Waals surface area (Å²) in [6.45, 7) is 5.63. The molecule has 0 aliphatic carbocycles. The van der Waals surface area contributed by atoms with Crippen molar-refractivity contribution < 1.29 is 14.4 Å². The Morgan fingerprint density at radius 2 is 1.64 bits per heavy atom. The molecule has 6 nitrogen and oxygen atoms in total. The molecule has 0 aromatic heterocycles. The van der Waals surface area contributed by atoms with Crippen LogP contribution in [0.4, 0.5) is 11.4 Å². The fourth-order valence-corrected chi connectivity index (χ4v) is 2.30. The highest BCUT2D eigenvalue weighted by Crippen LogP contribution is 2.19. The number of nitrogens with one attached hydrogen (secondary N) is 3. The van der Waals surface area contributed by atoms with Gasteiger partial charge < -0.3 is 16.0 Å². The van der Waals surface area contributed by atoms with Gasteiger partial charge in [-0.05, 0) is 49.7 Å². The van der Waals surface area contributed by atoms with Crippen LogP contribution < -0.4 is 16.0 Å². The van der Waals surface area contributed by atoms with E-state index in [0.29, 0.717) is 29.0 Å². The molecule has 2 aromatic rings. The Kier molecular flexibility index (Phi) is 5.89. The SMILES string of the molecule is CCNC(=O)c1ccc(C)c(NC(=O)c2cccc(NC(C)=O)c2)c1. The maximum atomic E-state index is 12.5. The molecule has 0 spiro atoms. The second kappa shape index (κ2) is 8.10. The van der Waals surface area contributed by atoms with E-state index in [0.717, 1.165) is 5.56 Å². The molecular weight excluding hydrogens is 318 g/mol. The Labute approximate surface area is 146 Å². The van der Waals surface area contributed by atoms with E-state index in [4.69, 9.17) is 0 Å². The quantitative estimate of drug-likeness (QED) is 0.782. The van der Waals surface area contributed by atoms with Crippen molar-refractivity contribution in [3.8, 4) is 0 Å². The number of amides is 3. The molecule has 0 unspecified atom stereocenters. The van der Waals surface area contributed by atoms with Crippen LogP contribution in [0.25, 0.3) is 0 Å². The summed E-state index contributed by atoms with van der Waals surface area (Å²) in [4.78, 5) is 35.6. The number of hydrogen-bond acceptors (Lipinski definition) is 3. The van der Waals surface area contributed by atoms with Gasteiger partial charge >= 0.3 is 0 Å². The molecule has 0 bridgehead atoms. The highest BCUT2D eigenvalue weighted by molar-refractivity contribution is 6.06. The van der Waals surface area contributed by atoms with Gasteiger partial charge in [-0.2, -0.15) is 0 Å². The van der Waals surface area contributed by atoms with Crippen LogP contribution >= 0.6 is 0 Å². The highest BCUT2D eigenvalue weighted by atomic mass is 16.2. The van der Waals surface area contributed by atoms with E-state index in [9.17, 15) is 14.4 Å². The number of benzene rings is 2. The van der Waals surface area contributed by atoms with Crippen molar-refractivity contribution in [2.45, 2.75) is 20.8 Å². The number of rotatable bonds is 5. The molecule has 2 aromatic carbocycles. The van der Waals surface area contributed by atoms with E-state index in [-0.39, 0.29) is 17.7 Å². The van der Waals surface area contributed by atoms with Crippen LogP contribution in [0, 0.1) is 6.92 Å². The molecule has 25 heavy (non-hydrogen) atoms. The minimum absolute atomic E-state index is 0.189. The van der Waals surface area contributed by atoms with E-state index >= 15 is 0 Å². The highest BCUT2D eigenvalue weighted by Gasteiger charge is 2.11. The van der Waals surface area contributed by atoms with Crippen LogP contribution in [0.3, 0.4) is 0 Å². The van der Waals surface area contributed by atoms with Crippen LogP contribution in [0.1, 0.15) is 40.1 Å². The predicted molar refractivity (Wildman–Crippen MR) is 97.9 cm³/mol. The number of hydrogen-bond donors (Lipinski definition) is 3. The molecule has 0 saturated heterocycles. The number of carbonyl (C=O) groups excluding carboxylic acids is 3. The van der Waals surface area contributed by atoms with Crippen LogP contribution in [0.5, 0.6) is 0 Å². The molecule has 0 heterocycles. The molecule has 2 rings (SSSR count). The van der Waals surface area contributed by atoms with Crippen molar-refractivity contribution in [3.05, 3.63) is 59.2 Å². The number of anilines is 2. The van der Waals surface area contributed by atoms with Crippen molar-refractivity contribution in [2.75, 3.05) is 17.2 Å². The molecule has 0 saturated carbocycles. The van der Waals surface area contributed by atoms with Crippen molar-refractivity contribution in [2.24, 2.45) is 0 Å². The Hall–Kier alpha value is -3.15. The van der Waals surface area contributed by atoms with Crippen LogP contribution in [0.15, 0.2) is 42.5 Å². The summed E-state index contributed by atoms with van der Waals surface area (Å²) in [5, 5.41) is 8.18. The smallest absolute Gasteiger partial charge is 0.255 e. The Balaban J connectivity index is 2.21. The summed E-state index contributed by atoms with van der Waals surface area (Å²) in [6.07, 6.45) is 0. The summed E-state index contributed by atoms with van der Waals surface area (Å²) in [6, 6.07) is 11.8. The Bertz CT molecular complexity index is 815. The standard InChI is InChI=1S/C19H21N3O3/c1-4-20-18(24)15-9-8-12(2)17(11-15)22-19(25)14-6-5-7-16(10-14)21-13(3)23/h5-11H,4H2,1-3H3,(H,20,24)(H,21,23)(H,22,25). The average molecular weight is 339 g/mol. The summed E-state index contributed by atoms with van der Waals surface area (Å²) < 4.78 is 0. The van der Waals surface area contributed by atoms with E-state index in [1.165, 1.54) is 6.92 Å². The molecule has 0 fully saturated rings. The summed E-state index contributed by atoms with van der Waals surface area (Å²) >= 11 is 0. The lowest BCUT2D eigenvalue weighted by Gasteiger charge is -2.11. The lowest BCUT2D eigenvalue weighted by Crippen LogP contribution is -2.23. The largest absolute Gasteiger partial charge is 0.352 e. The van der Waals surface area contributed by atoms with E-state index in [2.05, 4.69) is 16.0 Å². The molecule has 0 atom stereocenters. The van der Waals surface area contributed by atoms with Crippen LogP contribution in [0.2, 0.25) is 0 Å². The first-order valence-corrected chi connectivity index (χ1v) is 7.98. The molecule has 130 valence electrons. The molecule has 0 aliphatic rings. The molecular formula is C19H21N3O3. The molecule has 6 heteroatoms. The van der Waals surface area contributed by atoms with Crippen molar-refractivity contribution in [1.29, 1.82) is 0 Å². The van der Waals surface area contributed by atoms with Gasteiger partial charge in [0.25, 0.3) is 11.8 Å². The lowest BCUT2D eigenvalue weighted by molar-refractivity contribution is -0.114. The van der Waals surface area contributed by atoms with E-state index in [1.807, 2.05) is 13.8 Å². The van der Waals surface area contributed by atoms with Gasteiger partial charge in [-0.3, -0.25) is 14.4 Å². The third-order valence-corrected chi connectivity index (χ3v) is 3.53. The maximum absolute atomic E-state index is 12.5. The lowest BCUT2D eigenvalue weighted by atomic mass is 10.1. The summed E-state index contributed by atoms with van der Waals surface area (Å²) in [5.41, 5.74) is 2.86. The fourth-order valence-electron chi connectivity index (χ4n) is 2.30. The zero-order valence-corrected chi connectivity index (χ0v) is 14.5. The van der Waals surface area contributed by atoms with Gasteiger partial charge in [-0.1, -0.05) is 12.1 Å². The van der Waals surface area contributed by atoms with Gasteiger partial charge in [-0.15, -0.1) is 0 Å². The van der Waals surface area contributed by atoms with Gasteiger partial charge in [0.2, 0.25) is 5.91 Å². The number of aryl methyl sites for hydroxylation is 1. The first-order chi connectivity index (χ1) is 11.9. The molecule has 3 amide bonds.